The fourth-order valence-corrected chi connectivity index (χ4v) is 2.80. The van der Waals surface area contributed by atoms with E-state index in [-0.39, 0.29) is 0 Å². The van der Waals surface area contributed by atoms with Gasteiger partial charge >= 0.3 is 0 Å². The van der Waals surface area contributed by atoms with E-state index in [2.05, 4.69) is 26.2 Å². The topological polar surface area (TPSA) is 50.9 Å². The van der Waals surface area contributed by atoms with Crippen LogP contribution >= 0.6 is 15.9 Å². The Bertz CT molecular complexity index is 337. The number of hydrogen-bond donors (Lipinski definition) is 2. The van der Waals surface area contributed by atoms with Crippen molar-refractivity contribution >= 4 is 21.6 Å². The molecule has 1 unspecified atom stereocenters. The lowest BCUT2D eigenvalue weighted by Crippen LogP contribution is -2.35. The van der Waals surface area contributed by atoms with Crippen molar-refractivity contribution in [3.05, 3.63) is 22.9 Å². The summed E-state index contributed by atoms with van der Waals surface area (Å²) >= 11 is 3.42. The molecule has 1 aliphatic rings. The maximum absolute atomic E-state index is 5.84. The molecule has 1 heterocycles. The Hall–Kier alpha value is -0.610. The third-order valence-electron chi connectivity index (χ3n) is 3.28. The Labute approximate surface area is 105 Å². The summed E-state index contributed by atoms with van der Waals surface area (Å²) in [6.45, 7) is 0.692. The highest BCUT2D eigenvalue weighted by Crippen LogP contribution is 2.29. The zero-order valence-electron chi connectivity index (χ0n) is 9.32. The molecule has 88 valence electrons. The average Bonchev–Trinajstić information content (AvgIpc) is 2.79. The van der Waals surface area contributed by atoms with Crippen LogP contribution in [0.5, 0.6) is 0 Å². The van der Waals surface area contributed by atoms with E-state index in [1.165, 1.54) is 25.7 Å². The predicted molar refractivity (Wildman–Crippen MR) is 70.4 cm³/mol. The van der Waals surface area contributed by atoms with Gasteiger partial charge in [0, 0.05) is 23.3 Å². The summed E-state index contributed by atoms with van der Waals surface area (Å²) in [6, 6.07) is 2.43. The van der Waals surface area contributed by atoms with Crippen molar-refractivity contribution in [3.8, 4) is 0 Å². The minimum absolute atomic E-state index is 0.388. The molecule has 0 saturated heterocycles. The van der Waals surface area contributed by atoms with Crippen molar-refractivity contribution in [2.75, 3.05) is 11.9 Å². The molecule has 0 bridgehead atoms. The molecular weight excluding hydrogens is 266 g/mol. The molecule has 2 rings (SSSR count). The van der Waals surface area contributed by atoms with E-state index >= 15 is 0 Å². The summed E-state index contributed by atoms with van der Waals surface area (Å²) in [6.07, 6.45) is 8.94. The van der Waals surface area contributed by atoms with Crippen LogP contribution in [-0.4, -0.2) is 17.6 Å². The first kappa shape index (κ1) is 11.9. The Morgan fingerprint density at radius 2 is 2.19 bits per heavy atom. The molecule has 1 fully saturated rings. The number of nitrogens with zero attached hydrogens (tertiary/aromatic N) is 1. The molecular formula is C12H18BrN3. The zero-order chi connectivity index (χ0) is 11.4. The molecule has 0 radical (unpaired) electrons. The fourth-order valence-electron chi connectivity index (χ4n) is 2.43. The van der Waals surface area contributed by atoms with Crippen LogP contribution in [0.4, 0.5) is 5.69 Å². The van der Waals surface area contributed by atoms with Gasteiger partial charge in [-0.05, 0) is 40.8 Å². The molecule has 4 heteroatoms. The second-order valence-corrected chi connectivity index (χ2v) is 5.34. The quantitative estimate of drug-likeness (QED) is 0.894. The normalized spacial score (nSPS) is 18.6. The van der Waals surface area contributed by atoms with Crippen LogP contribution in [-0.2, 0) is 0 Å². The smallest absolute Gasteiger partial charge is 0.0540 e. The standard InChI is InChI=1S/C12H18BrN3/c13-10-5-11(8-15-7-10)16-12(6-14)9-3-1-2-4-9/h5,7-9,12,16H,1-4,6,14H2. The van der Waals surface area contributed by atoms with Gasteiger partial charge in [-0.2, -0.15) is 0 Å². The first-order chi connectivity index (χ1) is 7.79. The van der Waals surface area contributed by atoms with Gasteiger partial charge < -0.3 is 11.1 Å². The van der Waals surface area contributed by atoms with Crippen molar-refractivity contribution in [2.45, 2.75) is 31.7 Å². The van der Waals surface area contributed by atoms with Crippen molar-refractivity contribution in [1.82, 2.24) is 4.98 Å². The SMILES string of the molecule is NCC(Nc1cncc(Br)c1)C1CCCC1. The molecule has 1 aromatic rings. The first-order valence-electron chi connectivity index (χ1n) is 5.87. The number of rotatable bonds is 4. The maximum Gasteiger partial charge on any atom is 0.0540 e. The minimum atomic E-state index is 0.388. The predicted octanol–water partition coefficient (Wildman–Crippen LogP) is 2.77. The Morgan fingerprint density at radius 3 is 2.81 bits per heavy atom. The Kier molecular flexibility index (Phi) is 4.18. The monoisotopic (exact) mass is 283 g/mol. The second kappa shape index (κ2) is 5.64. The highest BCUT2D eigenvalue weighted by Gasteiger charge is 2.23. The Balaban J connectivity index is 2.00. The van der Waals surface area contributed by atoms with Gasteiger partial charge in [0.15, 0.2) is 0 Å². The lowest BCUT2D eigenvalue weighted by Gasteiger charge is -2.24. The van der Waals surface area contributed by atoms with E-state index in [0.29, 0.717) is 12.6 Å². The van der Waals surface area contributed by atoms with Crippen LogP contribution in [0.3, 0.4) is 0 Å². The summed E-state index contributed by atoms with van der Waals surface area (Å²) in [5.41, 5.74) is 6.90. The lowest BCUT2D eigenvalue weighted by molar-refractivity contribution is 0.462. The van der Waals surface area contributed by atoms with Gasteiger partial charge in [0.1, 0.15) is 0 Å². The zero-order valence-corrected chi connectivity index (χ0v) is 10.9. The number of halogens is 1. The number of nitrogens with two attached hydrogens (primary N) is 1. The van der Waals surface area contributed by atoms with Gasteiger partial charge in [0.05, 0.1) is 11.9 Å². The summed E-state index contributed by atoms with van der Waals surface area (Å²) in [4.78, 5) is 4.15. The highest BCUT2D eigenvalue weighted by atomic mass is 79.9. The van der Waals surface area contributed by atoms with Crippen LogP contribution in [0.25, 0.3) is 0 Å². The number of nitrogens with one attached hydrogen (secondary N) is 1. The van der Waals surface area contributed by atoms with Gasteiger partial charge in [-0.15, -0.1) is 0 Å². The van der Waals surface area contributed by atoms with Gasteiger partial charge in [-0.25, -0.2) is 0 Å². The first-order valence-corrected chi connectivity index (χ1v) is 6.66. The molecule has 1 atom stereocenters. The van der Waals surface area contributed by atoms with Gasteiger partial charge in [0.2, 0.25) is 0 Å². The number of aromatic nitrogens is 1. The summed E-state index contributed by atoms with van der Waals surface area (Å²) in [7, 11) is 0. The molecule has 1 aliphatic carbocycles. The maximum atomic E-state index is 5.84. The van der Waals surface area contributed by atoms with Crippen molar-refractivity contribution in [3.63, 3.8) is 0 Å². The van der Waals surface area contributed by atoms with Gasteiger partial charge in [0.25, 0.3) is 0 Å². The van der Waals surface area contributed by atoms with E-state index in [9.17, 15) is 0 Å². The van der Waals surface area contributed by atoms with Crippen molar-refractivity contribution < 1.29 is 0 Å². The molecule has 0 spiro atoms. The summed E-state index contributed by atoms with van der Waals surface area (Å²) in [5, 5.41) is 3.49. The molecule has 3 nitrogen and oxygen atoms in total. The summed E-state index contributed by atoms with van der Waals surface area (Å²) < 4.78 is 1.000. The van der Waals surface area contributed by atoms with Crippen LogP contribution in [0.1, 0.15) is 25.7 Å². The fraction of sp³-hybridized carbons (Fsp3) is 0.583. The number of hydrogen-bond acceptors (Lipinski definition) is 3. The van der Waals surface area contributed by atoms with Crippen LogP contribution in [0.15, 0.2) is 22.9 Å². The van der Waals surface area contributed by atoms with Crippen LogP contribution in [0.2, 0.25) is 0 Å². The van der Waals surface area contributed by atoms with E-state index in [1.54, 1.807) is 6.20 Å². The average molecular weight is 284 g/mol. The molecule has 3 N–H and O–H groups in total. The van der Waals surface area contributed by atoms with E-state index in [1.807, 2.05) is 12.3 Å². The number of anilines is 1. The van der Waals surface area contributed by atoms with Crippen LogP contribution < -0.4 is 11.1 Å². The van der Waals surface area contributed by atoms with Gasteiger partial charge in [-0.1, -0.05) is 12.8 Å². The summed E-state index contributed by atoms with van der Waals surface area (Å²) in [5.74, 6) is 0.726. The third kappa shape index (κ3) is 2.95. The minimum Gasteiger partial charge on any atom is -0.379 e. The lowest BCUT2D eigenvalue weighted by atomic mass is 9.98. The van der Waals surface area contributed by atoms with Crippen molar-refractivity contribution in [2.24, 2.45) is 11.7 Å². The molecule has 0 amide bonds. The molecule has 1 aromatic heterocycles. The highest BCUT2D eigenvalue weighted by molar-refractivity contribution is 9.10. The van der Waals surface area contributed by atoms with E-state index < -0.39 is 0 Å². The van der Waals surface area contributed by atoms with Crippen LogP contribution in [0, 0.1) is 5.92 Å². The largest absolute Gasteiger partial charge is 0.379 e. The van der Waals surface area contributed by atoms with E-state index in [4.69, 9.17) is 5.73 Å². The van der Waals surface area contributed by atoms with Crippen molar-refractivity contribution in [1.29, 1.82) is 0 Å². The second-order valence-electron chi connectivity index (χ2n) is 4.42. The third-order valence-corrected chi connectivity index (χ3v) is 3.71. The molecule has 1 saturated carbocycles. The van der Waals surface area contributed by atoms with Gasteiger partial charge in [-0.3, -0.25) is 4.98 Å². The molecule has 16 heavy (non-hydrogen) atoms. The molecule has 0 aliphatic heterocycles. The number of pyridine rings is 1. The molecule has 0 aromatic carbocycles. The Morgan fingerprint density at radius 1 is 1.44 bits per heavy atom. The van der Waals surface area contributed by atoms with E-state index in [0.717, 1.165) is 16.1 Å².